The molecule has 2 atom stereocenters. The van der Waals surface area contributed by atoms with E-state index in [0.29, 0.717) is 6.04 Å². The second-order valence-corrected chi connectivity index (χ2v) is 7.07. The van der Waals surface area contributed by atoms with Gasteiger partial charge in [0.05, 0.1) is 25.3 Å². The van der Waals surface area contributed by atoms with E-state index >= 15 is 0 Å². The minimum Gasteiger partial charge on any atom is -0.379 e. The number of rotatable bonds is 8. The fourth-order valence-corrected chi connectivity index (χ4v) is 3.63. The molecular formula is C17H29N3O2S. The number of carbonyl (C=O) groups excluding carboxylic acids is 1. The van der Waals surface area contributed by atoms with Crippen molar-refractivity contribution in [1.82, 2.24) is 15.1 Å². The van der Waals surface area contributed by atoms with Crippen molar-refractivity contribution < 1.29 is 9.53 Å². The summed E-state index contributed by atoms with van der Waals surface area (Å²) < 4.78 is 5.49. The first-order valence-electron chi connectivity index (χ1n) is 8.46. The monoisotopic (exact) mass is 339 g/mol. The predicted molar refractivity (Wildman–Crippen MR) is 94.8 cm³/mol. The lowest BCUT2D eigenvalue weighted by atomic mass is 10.1. The number of carbonyl (C=O) groups is 1. The molecule has 0 spiro atoms. The minimum atomic E-state index is -0.120. The highest BCUT2D eigenvalue weighted by atomic mass is 32.1. The van der Waals surface area contributed by atoms with Gasteiger partial charge in [0, 0.05) is 31.1 Å². The molecule has 23 heavy (non-hydrogen) atoms. The summed E-state index contributed by atoms with van der Waals surface area (Å²) in [5, 5.41) is 5.11. The SMILES string of the molecule is CCCNC(=O)[C@@H](C)N(C)C[C@@H](c1cccs1)N1CCOCC1. The smallest absolute Gasteiger partial charge is 0.237 e. The van der Waals surface area contributed by atoms with E-state index in [0.717, 1.165) is 45.8 Å². The summed E-state index contributed by atoms with van der Waals surface area (Å²) in [6, 6.07) is 4.50. The molecule has 0 radical (unpaired) electrons. The summed E-state index contributed by atoms with van der Waals surface area (Å²) in [6.45, 7) is 9.13. The highest BCUT2D eigenvalue weighted by Crippen LogP contribution is 2.27. The van der Waals surface area contributed by atoms with Crippen LogP contribution in [0.1, 0.15) is 31.2 Å². The molecule has 1 aromatic heterocycles. The van der Waals surface area contributed by atoms with Gasteiger partial charge in [-0.15, -0.1) is 11.3 Å². The maximum atomic E-state index is 12.2. The highest BCUT2D eigenvalue weighted by Gasteiger charge is 2.27. The summed E-state index contributed by atoms with van der Waals surface area (Å²) in [6.07, 6.45) is 0.966. The van der Waals surface area contributed by atoms with Crippen LogP contribution in [0.3, 0.4) is 0 Å². The Bertz CT molecular complexity index is 460. The number of hydrogen-bond acceptors (Lipinski definition) is 5. The number of amides is 1. The zero-order valence-corrected chi connectivity index (χ0v) is 15.3. The molecule has 1 N–H and O–H groups in total. The molecule has 2 heterocycles. The topological polar surface area (TPSA) is 44.8 Å². The molecule has 0 aliphatic carbocycles. The Morgan fingerprint density at radius 2 is 2.22 bits per heavy atom. The summed E-state index contributed by atoms with van der Waals surface area (Å²) in [5.41, 5.74) is 0. The van der Waals surface area contributed by atoms with Crippen LogP contribution in [-0.2, 0) is 9.53 Å². The van der Waals surface area contributed by atoms with Gasteiger partial charge < -0.3 is 10.1 Å². The Hall–Kier alpha value is -0.950. The summed E-state index contributed by atoms with van der Waals surface area (Å²) in [5.74, 6) is 0.112. The van der Waals surface area contributed by atoms with Gasteiger partial charge in [-0.3, -0.25) is 14.6 Å². The molecule has 1 aliphatic heterocycles. The van der Waals surface area contributed by atoms with E-state index in [1.54, 1.807) is 11.3 Å². The second-order valence-electron chi connectivity index (χ2n) is 6.09. The molecule has 0 bridgehead atoms. The van der Waals surface area contributed by atoms with Gasteiger partial charge in [0.25, 0.3) is 0 Å². The summed E-state index contributed by atoms with van der Waals surface area (Å²) in [4.78, 5) is 18.2. The Kier molecular flexibility index (Phi) is 7.49. The first-order chi connectivity index (χ1) is 11.1. The van der Waals surface area contributed by atoms with Gasteiger partial charge in [-0.05, 0) is 31.8 Å². The van der Waals surface area contributed by atoms with Crippen LogP contribution in [0.5, 0.6) is 0 Å². The van der Waals surface area contributed by atoms with Crippen LogP contribution in [0.4, 0.5) is 0 Å². The Morgan fingerprint density at radius 1 is 1.48 bits per heavy atom. The number of thiophene rings is 1. The molecule has 6 heteroatoms. The van der Waals surface area contributed by atoms with Crippen molar-refractivity contribution in [3.63, 3.8) is 0 Å². The number of ether oxygens (including phenoxy) is 1. The summed E-state index contributed by atoms with van der Waals surface area (Å²) in [7, 11) is 2.04. The summed E-state index contributed by atoms with van der Waals surface area (Å²) >= 11 is 1.79. The van der Waals surface area contributed by atoms with Crippen LogP contribution >= 0.6 is 11.3 Å². The van der Waals surface area contributed by atoms with Gasteiger partial charge in [0.15, 0.2) is 0 Å². The van der Waals surface area contributed by atoms with Crippen molar-refractivity contribution in [3.05, 3.63) is 22.4 Å². The van der Waals surface area contributed by atoms with E-state index in [4.69, 9.17) is 4.74 Å². The van der Waals surface area contributed by atoms with E-state index in [1.165, 1.54) is 4.88 Å². The second kappa shape index (κ2) is 9.37. The van der Waals surface area contributed by atoms with Crippen LogP contribution in [0.25, 0.3) is 0 Å². The van der Waals surface area contributed by atoms with E-state index in [1.807, 2.05) is 14.0 Å². The highest BCUT2D eigenvalue weighted by molar-refractivity contribution is 7.10. The van der Waals surface area contributed by atoms with E-state index < -0.39 is 0 Å². The van der Waals surface area contributed by atoms with E-state index in [-0.39, 0.29) is 11.9 Å². The average Bonchev–Trinajstić information content (AvgIpc) is 3.11. The minimum absolute atomic E-state index is 0.112. The molecule has 2 rings (SSSR count). The number of nitrogens with one attached hydrogen (secondary N) is 1. The largest absolute Gasteiger partial charge is 0.379 e. The van der Waals surface area contributed by atoms with Crippen molar-refractivity contribution in [2.75, 3.05) is 46.4 Å². The van der Waals surface area contributed by atoms with Crippen LogP contribution in [0.2, 0.25) is 0 Å². The van der Waals surface area contributed by atoms with Crippen LogP contribution < -0.4 is 5.32 Å². The first kappa shape index (κ1) is 18.4. The quantitative estimate of drug-likeness (QED) is 0.786. The lowest BCUT2D eigenvalue weighted by Gasteiger charge is -2.37. The van der Waals surface area contributed by atoms with Crippen LogP contribution in [0, 0.1) is 0 Å². The van der Waals surface area contributed by atoms with Crippen molar-refractivity contribution in [2.24, 2.45) is 0 Å². The molecule has 130 valence electrons. The lowest BCUT2D eigenvalue weighted by Crippen LogP contribution is -2.48. The third-order valence-corrected chi connectivity index (χ3v) is 5.38. The lowest BCUT2D eigenvalue weighted by molar-refractivity contribution is -0.125. The normalized spacial score (nSPS) is 18.8. The number of morpholine rings is 1. The Morgan fingerprint density at radius 3 is 2.83 bits per heavy atom. The van der Waals surface area contributed by atoms with Gasteiger partial charge in [-0.1, -0.05) is 13.0 Å². The molecule has 1 aromatic rings. The van der Waals surface area contributed by atoms with Crippen molar-refractivity contribution in [3.8, 4) is 0 Å². The molecule has 1 saturated heterocycles. The number of likely N-dealkylation sites (N-methyl/N-ethyl adjacent to an activating group) is 1. The molecule has 0 saturated carbocycles. The van der Waals surface area contributed by atoms with Gasteiger partial charge >= 0.3 is 0 Å². The van der Waals surface area contributed by atoms with E-state index in [9.17, 15) is 4.79 Å². The molecule has 1 aliphatic rings. The maximum absolute atomic E-state index is 12.2. The zero-order chi connectivity index (χ0) is 16.7. The third kappa shape index (κ3) is 5.28. The standard InChI is InChI=1S/C17H29N3O2S/c1-4-7-18-17(21)14(2)19(3)13-15(16-6-5-12-23-16)20-8-10-22-11-9-20/h5-6,12,14-15H,4,7-11,13H2,1-3H3,(H,18,21)/t14-,15+/m1/s1. The fourth-order valence-electron chi connectivity index (χ4n) is 2.78. The molecule has 0 aromatic carbocycles. The van der Waals surface area contributed by atoms with Gasteiger partial charge in [-0.25, -0.2) is 0 Å². The maximum Gasteiger partial charge on any atom is 0.237 e. The van der Waals surface area contributed by atoms with Gasteiger partial charge in [0.1, 0.15) is 0 Å². The molecule has 1 fully saturated rings. The Balaban J connectivity index is 2.00. The zero-order valence-electron chi connectivity index (χ0n) is 14.5. The fraction of sp³-hybridized carbons (Fsp3) is 0.706. The van der Waals surface area contributed by atoms with Crippen LogP contribution in [0.15, 0.2) is 17.5 Å². The first-order valence-corrected chi connectivity index (χ1v) is 9.34. The Labute approximate surface area is 143 Å². The van der Waals surface area contributed by atoms with Gasteiger partial charge in [-0.2, -0.15) is 0 Å². The molecule has 5 nitrogen and oxygen atoms in total. The van der Waals surface area contributed by atoms with Crippen molar-refractivity contribution in [2.45, 2.75) is 32.4 Å². The number of nitrogens with zero attached hydrogens (tertiary/aromatic N) is 2. The van der Waals surface area contributed by atoms with Gasteiger partial charge in [0.2, 0.25) is 5.91 Å². The van der Waals surface area contributed by atoms with Crippen molar-refractivity contribution in [1.29, 1.82) is 0 Å². The number of hydrogen-bond donors (Lipinski definition) is 1. The molecular weight excluding hydrogens is 310 g/mol. The molecule has 0 unspecified atom stereocenters. The van der Waals surface area contributed by atoms with E-state index in [2.05, 4.69) is 39.6 Å². The molecule has 1 amide bonds. The predicted octanol–water partition coefficient (Wildman–Crippen LogP) is 1.97. The van der Waals surface area contributed by atoms with Crippen molar-refractivity contribution >= 4 is 17.2 Å². The third-order valence-electron chi connectivity index (χ3n) is 4.41. The average molecular weight is 340 g/mol. The van der Waals surface area contributed by atoms with Crippen LogP contribution in [-0.4, -0.2) is 68.2 Å².